The lowest BCUT2D eigenvalue weighted by atomic mass is 10.3. The van der Waals surface area contributed by atoms with Gasteiger partial charge in [0.15, 0.2) is 0 Å². The van der Waals surface area contributed by atoms with Gasteiger partial charge in [-0.25, -0.2) is 9.97 Å². The first kappa shape index (κ1) is 13.7. The zero-order valence-electron chi connectivity index (χ0n) is 11.2. The maximum absolute atomic E-state index is 11.9. The van der Waals surface area contributed by atoms with E-state index in [2.05, 4.69) is 20.2 Å². The summed E-state index contributed by atoms with van der Waals surface area (Å²) in [5, 5.41) is 11.4. The molecule has 1 aromatic heterocycles. The fraction of sp³-hybridized carbons (Fsp3) is 0.615. The SMILES string of the molecule is Cc1cc(C(=O)NCCCO)nc(N2CCCC2)n1. The van der Waals surface area contributed by atoms with Gasteiger partial charge in [-0.05, 0) is 32.3 Å². The Kier molecular flexibility index (Phi) is 4.68. The molecule has 1 amide bonds. The highest BCUT2D eigenvalue weighted by Crippen LogP contribution is 2.16. The molecule has 1 aromatic rings. The average molecular weight is 264 g/mol. The number of aryl methyl sites for hydroxylation is 1. The Bertz CT molecular complexity index is 444. The summed E-state index contributed by atoms with van der Waals surface area (Å²) in [4.78, 5) is 22.8. The molecule has 6 nitrogen and oxygen atoms in total. The van der Waals surface area contributed by atoms with Crippen molar-refractivity contribution in [3.8, 4) is 0 Å². The second-order valence-corrected chi connectivity index (χ2v) is 4.72. The van der Waals surface area contributed by atoms with Crippen LogP contribution in [0.1, 0.15) is 35.4 Å². The molecular weight excluding hydrogens is 244 g/mol. The van der Waals surface area contributed by atoms with Gasteiger partial charge in [-0.3, -0.25) is 4.79 Å². The molecule has 0 unspecified atom stereocenters. The molecule has 6 heteroatoms. The van der Waals surface area contributed by atoms with Crippen molar-refractivity contribution in [3.63, 3.8) is 0 Å². The minimum Gasteiger partial charge on any atom is -0.396 e. The van der Waals surface area contributed by atoms with E-state index in [1.165, 1.54) is 0 Å². The summed E-state index contributed by atoms with van der Waals surface area (Å²) in [5.41, 5.74) is 1.19. The Balaban J connectivity index is 2.09. The molecule has 2 rings (SSSR count). The van der Waals surface area contributed by atoms with Crippen molar-refractivity contribution < 1.29 is 9.90 Å². The highest BCUT2D eigenvalue weighted by atomic mass is 16.3. The molecule has 0 aromatic carbocycles. The number of carbonyl (C=O) groups is 1. The van der Waals surface area contributed by atoms with Crippen LogP contribution < -0.4 is 10.2 Å². The molecule has 104 valence electrons. The van der Waals surface area contributed by atoms with E-state index in [0.29, 0.717) is 24.6 Å². The number of nitrogens with zero attached hydrogens (tertiary/aromatic N) is 3. The van der Waals surface area contributed by atoms with Crippen molar-refractivity contribution in [1.82, 2.24) is 15.3 Å². The van der Waals surface area contributed by atoms with Crippen LogP contribution in [0.25, 0.3) is 0 Å². The molecule has 2 N–H and O–H groups in total. The van der Waals surface area contributed by atoms with Gasteiger partial charge >= 0.3 is 0 Å². The fourth-order valence-electron chi connectivity index (χ4n) is 2.10. The van der Waals surface area contributed by atoms with Crippen LogP contribution in [-0.4, -0.2) is 47.2 Å². The van der Waals surface area contributed by atoms with Crippen LogP contribution in [0.2, 0.25) is 0 Å². The van der Waals surface area contributed by atoms with Crippen LogP contribution in [0.5, 0.6) is 0 Å². The third kappa shape index (κ3) is 3.64. The monoisotopic (exact) mass is 264 g/mol. The Morgan fingerprint density at radius 2 is 2.16 bits per heavy atom. The van der Waals surface area contributed by atoms with E-state index in [1.807, 2.05) is 6.92 Å². The number of rotatable bonds is 5. The van der Waals surface area contributed by atoms with E-state index in [9.17, 15) is 4.79 Å². The van der Waals surface area contributed by atoms with Gasteiger partial charge in [0.1, 0.15) is 5.69 Å². The minimum absolute atomic E-state index is 0.0715. The molecule has 0 aliphatic carbocycles. The van der Waals surface area contributed by atoms with E-state index in [-0.39, 0.29) is 12.5 Å². The predicted octanol–water partition coefficient (Wildman–Crippen LogP) is 0.497. The zero-order valence-corrected chi connectivity index (χ0v) is 11.2. The molecular formula is C13H20N4O2. The molecule has 0 spiro atoms. The lowest BCUT2D eigenvalue weighted by Crippen LogP contribution is -2.28. The van der Waals surface area contributed by atoms with Gasteiger partial charge in [0.25, 0.3) is 5.91 Å². The first-order valence-electron chi connectivity index (χ1n) is 6.70. The van der Waals surface area contributed by atoms with E-state index in [1.54, 1.807) is 6.07 Å². The van der Waals surface area contributed by atoms with Crippen molar-refractivity contribution in [2.45, 2.75) is 26.2 Å². The topological polar surface area (TPSA) is 78.3 Å². The number of aromatic nitrogens is 2. The summed E-state index contributed by atoms with van der Waals surface area (Å²) in [5.74, 6) is 0.434. The molecule has 2 heterocycles. The van der Waals surface area contributed by atoms with Gasteiger partial charge in [-0.2, -0.15) is 0 Å². The van der Waals surface area contributed by atoms with Gasteiger partial charge in [0, 0.05) is 31.9 Å². The summed E-state index contributed by atoms with van der Waals surface area (Å²) < 4.78 is 0. The second kappa shape index (κ2) is 6.47. The summed E-state index contributed by atoms with van der Waals surface area (Å²) in [6.45, 7) is 4.30. The van der Waals surface area contributed by atoms with E-state index in [0.717, 1.165) is 31.6 Å². The van der Waals surface area contributed by atoms with Gasteiger partial charge < -0.3 is 15.3 Å². The maximum atomic E-state index is 11.9. The largest absolute Gasteiger partial charge is 0.396 e. The van der Waals surface area contributed by atoms with E-state index >= 15 is 0 Å². The normalized spacial score (nSPS) is 14.7. The fourth-order valence-corrected chi connectivity index (χ4v) is 2.10. The van der Waals surface area contributed by atoms with Crippen molar-refractivity contribution in [3.05, 3.63) is 17.5 Å². The number of amides is 1. The first-order chi connectivity index (χ1) is 9.20. The molecule has 0 bridgehead atoms. The molecule has 0 atom stereocenters. The lowest BCUT2D eigenvalue weighted by molar-refractivity contribution is 0.0946. The molecule has 1 aliphatic rings. The second-order valence-electron chi connectivity index (χ2n) is 4.72. The number of nitrogens with one attached hydrogen (secondary N) is 1. The number of hydrogen-bond acceptors (Lipinski definition) is 5. The zero-order chi connectivity index (χ0) is 13.7. The van der Waals surface area contributed by atoms with Gasteiger partial charge in [0.2, 0.25) is 5.95 Å². The smallest absolute Gasteiger partial charge is 0.270 e. The van der Waals surface area contributed by atoms with Crippen LogP contribution in [-0.2, 0) is 0 Å². The van der Waals surface area contributed by atoms with Crippen LogP contribution in [0.15, 0.2) is 6.07 Å². The number of aliphatic hydroxyl groups excluding tert-OH is 1. The Morgan fingerprint density at radius 1 is 1.42 bits per heavy atom. The number of hydrogen-bond donors (Lipinski definition) is 2. The van der Waals surface area contributed by atoms with E-state index in [4.69, 9.17) is 5.11 Å². The summed E-state index contributed by atoms with van der Waals surface area (Å²) in [6.07, 6.45) is 2.85. The molecule has 1 fully saturated rings. The predicted molar refractivity (Wildman–Crippen MR) is 72.3 cm³/mol. The van der Waals surface area contributed by atoms with Crippen molar-refractivity contribution in [2.24, 2.45) is 0 Å². The highest BCUT2D eigenvalue weighted by molar-refractivity contribution is 5.92. The van der Waals surface area contributed by atoms with Gasteiger partial charge in [0.05, 0.1) is 0 Å². The summed E-state index contributed by atoms with van der Waals surface area (Å²) in [7, 11) is 0. The molecule has 1 aliphatic heterocycles. The van der Waals surface area contributed by atoms with Gasteiger partial charge in [-0.1, -0.05) is 0 Å². The Morgan fingerprint density at radius 3 is 2.84 bits per heavy atom. The van der Waals surface area contributed by atoms with Crippen LogP contribution in [0.3, 0.4) is 0 Å². The average Bonchev–Trinajstić information content (AvgIpc) is 2.92. The number of carbonyl (C=O) groups excluding carboxylic acids is 1. The van der Waals surface area contributed by atoms with Crippen molar-refractivity contribution in [2.75, 3.05) is 31.1 Å². The Hall–Kier alpha value is -1.69. The lowest BCUT2D eigenvalue weighted by Gasteiger charge is -2.16. The quantitative estimate of drug-likeness (QED) is 0.757. The highest BCUT2D eigenvalue weighted by Gasteiger charge is 2.17. The molecule has 1 saturated heterocycles. The summed E-state index contributed by atoms with van der Waals surface area (Å²) >= 11 is 0. The van der Waals surface area contributed by atoms with Crippen molar-refractivity contribution in [1.29, 1.82) is 0 Å². The minimum atomic E-state index is -0.209. The molecule has 0 radical (unpaired) electrons. The first-order valence-corrected chi connectivity index (χ1v) is 6.70. The third-order valence-corrected chi connectivity index (χ3v) is 3.08. The molecule has 0 saturated carbocycles. The standard InChI is InChI=1S/C13H20N4O2/c1-10-9-11(12(19)14-5-4-8-18)16-13(15-10)17-6-2-3-7-17/h9,18H,2-8H2,1H3,(H,14,19). The van der Waals surface area contributed by atoms with Crippen LogP contribution >= 0.6 is 0 Å². The third-order valence-electron chi connectivity index (χ3n) is 3.08. The Labute approximate surface area is 112 Å². The summed E-state index contributed by atoms with van der Waals surface area (Å²) in [6, 6.07) is 1.69. The van der Waals surface area contributed by atoms with Crippen molar-refractivity contribution >= 4 is 11.9 Å². The van der Waals surface area contributed by atoms with Crippen LogP contribution in [0.4, 0.5) is 5.95 Å². The molecule has 19 heavy (non-hydrogen) atoms. The number of aliphatic hydroxyl groups is 1. The maximum Gasteiger partial charge on any atom is 0.270 e. The van der Waals surface area contributed by atoms with E-state index < -0.39 is 0 Å². The van der Waals surface area contributed by atoms with Gasteiger partial charge in [-0.15, -0.1) is 0 Å². The van der Waals surface area contributed by atoms with Crippen LogP contribution in [0, 0.1) is 6.92 Å². The number of anilines is 1.